The lowest BCUT2D eigenvalue weighted by molar-refractivity contribution is -0.142. The Kier molecular flexibility index (Phi) is 9.08. The van der Waals surface area contributed by atoms with E-state index in [1.807, 2.05) is 0 Å². The van der Waals surface area contributed by atoms with Gasteiger partial charge in [-0.25, -0.2) is 4.98 Å². The van der Waals surface area contributed by atoms with E-state index in [0.717, 1.165) is 19.4 Å². The number of nitrogens with one attached hydrogen (secondary N) is 2. The largest absolute Gasteiger partial charge is 0.466 e. The van der Waals surface area contributed by atoms with Crippen molar-refractivity contribution >= 4 is 40.8 Å². The number of carbonyl (C=O) groups is 2. The van der Waals surface area contributed by atoms with E-state index in [9.17, 15) is 9.59 Å². The number of nitrogens with zero attached hydrogens (tertiary/aromatic N) is 1. The predicted octanol–water partition coefficient (Wildman–Crippen LogP) is 1.38. The summed E-state index contributed by atoms with van der Waals surface area (Å²) in [6, 6.07) is 0. The van der Waals surface area contributed by atoms with Gasteiger partial charge in [0, 0.05) is 18.5 Å². The molecule has 2 rings (SSSR count). The van der Waals surface area contributed by atoms with Crippen LogP contribution >= 0.6 is 23.7 Å². The lowest BCUT2D eigenvalue weighted by Crippen LogP contribution is -2.33. The average molecular weight is 364 g/mol. The molecule has 1 amide bonds. The number of rotatable bonds is 8. The van der Waals surface area contributed by atoms with Crippen LogP contribution in [0.5, 0.6) is 0 Å². The first kappa shape index (κ1) is 19.8. The molecule has 1 atom stereocenters. The molecule has 1 saturated heterocycles. The molecular formula is C14H22ClN3O4S. The third-order valence-electron chi connectivity index (χ3n) is 3.11. The number of thiazole rings is 1. The zero-order chi connectivity index (χ0) is 15.8. The third kappa shape index (κ3) is 7.26. The second-order valence-electron chi connectivity index (χ2n) is 4.94. The van der Waals surface area contributed by atoms with Crippen molar-refractivity contribution in [3.63, 3.8) is 0 Å². The fourth-order valence-corrected chi connectivity index (χ4v) is 2.85. The Balaban J connectivity index is 0.00000264. The fraction of sp³-hybridized carbons (Fsp3) is 0.643. The molecule has 1 aromatic heterocycles. The molecule has 1 aromatic rings. The Bertz CT molecular complexity index is 506. The van der Waals surface area contributed by atoms with Gasteiger partial charge in [0.25, 0.3) is 0 Å². The van der Waals surface area contributed by atoms with Crippen molar-refractivity contribution in [3.8, 4) is 0 Å². The first-order chi connectivity index (χ1) is 10.7. The monoisotopic (exact) mass is 363 g/mol. The van der Waals surface area contributed by atoms with Crippen molar-refractivity contribution in [2.75, 3.05) is 31.6 Å². The second-order valence-corrected chi connectivity index (χ2v) is 5.80. The number of ether oxygens (including phenoxy) is 2. The van der Waals surface area contributed by atoms with E-state index in [2.05, 4.69) is 15.6 Å². The summed E-state index contributed by atoms with van der Waals surface area (Å²) >= 11 is 1.29. The van der Waals surface area contributed by atoms with E-state index in [0.29, 0.717) is 24.0 Å². The van der Waals surface area contributed by atoms with Crippen LogP contribution in [0.3, 0.4) is 0 Å². The summed E-state index contributed by atoms with van der Waals surface area (Å²) < 4.78 is 10.3. The molecule has 0 aliphatic carbocycles. The van der Waals surface area contributed by atoms with Gasteiger partial charge in [-0.3, -0.25) is 9.59 Å². The van der Waals surface area contributed by atoms with Crippen molar-refractivity contribution in [3.05, 3.63) is 11.1 Å². The molecule has 0 spiro atoms. The summed E-state index contributed by atoms with van der Waals surface area (Å²) in [5, 5.41) is 8.01. The van der Waals surface area contributed by atoms with Crippen molar-refractivity contribution in [2.45, 2.75) is 32.3 Å². The maximum absolute atomic E-state index is 11.8. The maximum Gasteiger partial charge on any atom is 0.311 e. The van der Waals surface area contributed by atoms with E-state index in [1.165, 1.54) is 11.3 Å². The fourth-order valence-electron chi connectivity index (χ4n) is 2.12. The van der Waals surface area contributed by atoms with Crippen LogP contribution in [0.4, 0.5) is 5.13 Å². The molecule has 9 heteroatoms. The number of aromatic nitrogens is 1. The molecule has 1 unspecified atom stereocenters. The molecular weight excluding hydrogens is 342 g/mol. The molecule has 0 radical (unpaired) electrons. The maximum atomic E-state index is 11.8. The normalized spacial score (nSPS) is 16.7. The molecule has 0 saturated carbocycles. The number of esters is 1. The number of hydrogen-bond acceptors (Lipinski definition) is 7. The smallest absolute Gasteiger partial charge is 0.311 e. The van der Waals surface area contributed by atoms with Crippen LogP contribution in [0.2, 0.25) is 0 Å². The number of anilines is 1. The number of hydrogen-bond donors (Lipinski definition) is 2. The van der Waals surface area contributed by atoms with Gasteiger partial charge in [0.15, 0.2) is 5.13 Å². The Hall–Kier alpha value is -1.22. The summed E-state index contributed by atoms with van der Waals surface area (Å²) in [4.78, 5) is 27.3. The highest BCUT2D eigenvalue weighted by Crippen LogP contribution is 2.16. The summed E-state index contributed by atoms with van der Waals surface area (Å²) in [5.41, 5.74) is 0.603. The van der Waals surface area contributed by atoms with Crippen LogP contribution in [-0.4, -0.2) is 49.3 Å². The minimum absolute atomic E-state index is 0. The Morgan fingerprint density at radius 3 is 3.04 bits per heavy atom. The molecule has 0 bridgehead atoms. The van der Waals surface area contributed by atoms with Gasteiger partial charge in [-0.2, -0.15) is 0 Å². The summed E-state index contributed by atoms with van der Waals surface area (Å²) in [5.74, 6) is -0.473. The highest BCUT2D eigenvalue weighted by atomic mass is 35.5. The topological polar surface area (TPSA) is 89.5 Å². The second kappa shape index (κ2) is 10.5. The summed E-state index contributed by atoms with van der Waals surface area (Å²) in [6.45, 7) is 3.81. The van der Waals surface area contributed by atoms with E-state index in [4.69, 9.17) is 9.47 Å². The van der Waals surface area contributed by atoms with Gasteiger partial charge >= 0.3 is 5.97 Å². The molecule has 0 aromatic carbocycles. The number of halogens is 1. The van der Waals surface area contributed by atoms with Crippen LogP contribution in [-0.2, 0) is 25.5 Å². The first-order valence-corrected chi connectivity index (χ1v) is 8.27. The van der Waals surface area contributed by atoms with Gasteiger partial charge in [0.05, 0.1) is 31.4 Å². The Morgan fingerprint density at radius 1 is 1.52 bits per heavy atom. The Labute approximate surface area is 145 Å². The van der Waals surface area contributed by atoms with Crippen molar-refractivity contribution in [1.29, 1.82) is 0 Å². The number of amides is 1. The third-order valence-corrected chi connectivity index (χ3v) is 3.92. The van der Waals surface area contributed by atoms with E-state index >= 15 is 0 Å². The van der Waals surface area contributed by atoms with Gasteiger partial charge in [0.1, 0.15) is 0 Å². The lowest BCUT2D eigenvalue weighted by atomic mass is 10.2. The van der Waals surface area contributed by atoms with Crippen molar-refractivity contribution < 1.29 is 19.1 Å². The predicted molar refractivity (Wildman–Crippen MR) is 90.2 cm³/mol. The summed E-state index contributed by atoms with van der Waals surface area (Å²) in [7, 11) is 0. The van der Waals surface area contributed by atoms with Crippen molar-refractivity contribution in [1.82, 2.24) is 10.3 Å². The van der Waals surface area contributed by atoms with Gasteiger partial charge in [-0.05, 0) is 19.8 Å². The molecule has 2 N–H and O–H groups in total. The Morgan fingerprint density at radius 2 is 2.35 bits per heavy atom. The first-order valence-electron chi connectivity index (χ1n) is 7.39. The zero-order valence-electron chi connectivity index (χ0n) is 13.0. The SMILES string of the molecule is CCOC(=O)Cc1csc(NC(=O)CNCC2CCCO2)n1.Cl. The van der Waals surface area contributed by atoms with Crippen LogP contribution in [0.1, 0.15) is 25.5 Å². The number of carbonyl (C=O) groups excluding carboxylic acids is 2. The van der Waals surface area contributed by atoms with Gasteiger partial charge < -0.3 is 20.1 Å². The standard InChI is InChI=1S/C14H21N3O4S.ClH/c1-2-20-13(19)6-10-9-22-14(16-10)17-12(18)8-15-7-11-4-3-5-21-11;/h9,11,15H,2-8H2,1H3,(H,16,17,18);1H. The van der Waals surface area contributed by atoms with Crippen LogP contribution in [0.25, 0.3) is 0 Å². The van der Waals surface area contributed by atoms with Crippen LogP contribution < -0.4 is 10.6 Å². The van der Waals surface area contributed by atoms with Crippen LogP contribution in [0.15, 0.2) is 5.38 Å². The van der Waals surface area contributed by atoms with Crippen LogP contribution in [0, 0.1) is 0 Å². The molecule has 23 heavy (non-hydrogen) atoms. The lowest BCUT2D eigenvalue weighted by Gasteiger charge is -2.09. The van der Waals surface area contributed by atoms with Crippen molar-refractivity contribution in [2.24, 2.45) is 0 Å². The zero-order valence-corrected chi connectivity index (χ0v) is 14.6. The molecule has 1 aliphatic heterocycles. The molecule has 130 valence electrons. The molecule has 1 aliphatic rings. The van der Waals surface area contributed by atoms with E-state index in [-0.39, 0.29) is 43.4 Å². The van der Waals surface area contributed by atoms with Gasteiger partial charge in [-0.15, -0.1) is 23.7 Å². The minimum atomic E-state index is -0.316. The molecule has 1 fully saturated rings. The minimum Gasteiger partial charge on any atom is -0.466 e. The average Bonchev–Trinajstić information content (AvgIpc) is 3.11. The summed E-state index contributed by atoms with van der Waals surface area (Å²) in [6.07, 6.45) is 2.46. The quantitative estimate of drug-likeness (QED) is 0.678. The van der Waals surface area contributed by atoms with E-state index < -0.39 is 0 Å². The van der Waals surface area contributed by atoms with Gasteiger partial charge in [0.2, 0.25) is 5.91 Å². The van der Waals surface area contributed by atoms with E-state index in [1.54, 1.807) is 12.3 Å². The van der Waals surface area contributed by atoms with Gasteiger partial charge in [-0.1, -0.05) is 0 Å². The highest BCUT2D eigenvalue weighted by molar-refractivity contribution is 7.13. The highest BCUT2D eigenvalue weighted by Gasteiger charge is 2.15. The molecule has 2 heterocycles. The molecule has 7 nitrogen and oxygen atoms in total.